The molecule has 2 N–H and O–H groups in total. The molecule has 0 fully saturated rings. The number of carboxylic acids is 1. The number of rotatable bonds is 4. The predicted octanol–water partition coefficient (Wildman–Crippen LogP) is 3.05. The van der Waals surface area contributed by atoms with Crippen LogP contribution >= 0.6 is 11.6 Å². The fourth-order valence-corrected chi connectivity index (χ4v) is 1.74. The SMILES string of the molecule is O=C(O)c1ccc(NCc2ccncc2)c(Cl)c1. The normalized spacial score (nSPS) is 10.1. The van der Waals surface area contributed by atoms with E-state index in [-0.39, 0.29) is 5.56 Å². The van der Waals surface area contributed by atoms with Crippen LogP contribution in [0.4, 0.5) is 5.69 Å². The van der Waals surface area contributed by atoms with Crippen molar-refractivity contribution in [3.63, 3.8) is 0 Å². The lowest BCUT2D eigenvalue weighted by atomic mass is 10.2. The topological polar surface area (TPSA) is 62.2 Å². The van der Waals surface area contributed by atoms with Crippen molar-refractivity contribution < 1.29 is 9.90 Å². The molecule has 0 spiro atoms. The van der Waals surface area contributed by atoms with Gasteiger partial charge in [0.05, 0.1) is 16.3 Å². The first kappa shape index (κ1) is 12.4. The summed E-state index contributed by atoms with van der Waals surface area (Å²) in [4.78, 5) is 14.7. The Bertz CT molecular complexity index is 558. The predicted molar refractivity (Wildman–Crippen MR) is 70.0 cm³/mol. The fraction of sp³-hybridized carbons (Fsp3) is 0.0769. The van der Waals surface area contributed by atoms with Crippen molar-refractivity contribution in [2.75, 3.05) is 5.32 Å². The van der Waals surface area contributed by atoms with Gasteiger partial charge in [0.2, 0.25) is 0 Å². The number of anilines is 1. The maximum atomic E-state index is 10.8. The molecule has 0 atom stereocenters. The first-order valence-corrected chi connectivity index (χ1v) is 5.70. The van der Waals surface area contributed by atoms with Gasteiger partial charge in [0.25, 0.3) is 0 Å². The quantitative estimate of drug-likeness (QED) is 0.889. The summed E-state index contributed by atoms with van der Waals surface area (Å²) in [6.07, 6.45) is 3.43. The van der Waals surface area contributed by atoms with Crippen LogP contribution in [-0.4, -0.2) is 16.1 Å². The molecule has 1 aromatic heterocycles. The first-order chi connectivity index (χ1) is 8.66. The lowest BCUT2D eigenvalue weighted by molar-refractivity contribution is 0.0697. The lowest BCUT2D eigenvalue weighted by Crippen LogP contribution is -2.02. The second-order valence-corrected chi connectivity index (χ2v) is 4.12. The Morgan fingerprint density at radius 1 is 1.28 bits per heavy atom. The molecule has 18 heavy (non-hydrogen) atoms. The van der Waals surface area contributed by atoms with Crippen LogP contribution in [0.1, 0.15) is 15.9 Å². The van der Waals surface area contributed by atoms with E-state index in [1.54, 1.807) is 18.5 Å². The minimum atomic E-state index is -0.988. The molecule has 0 aliphatic carbocycles. The molecular formula is C13H11ClN2O2. The first-order valence-electron chi connectivity index (χ1n) is 5.32. The van der Waals surface area contributed by atoms with Crippen molar-refractivity contribution in [3.8, 4) is 0 Å². The van der Waals surface area contributed by atoms with E-state index in [4.69, 9.17) is 16.7 Å². The van der Waals surface area contributed by atoms with E-state index in [1.807, 2.05) is 12.1 Å². The number of nitrogens with one attached hydrogen (secondary N) is 1. The monoisotopic (exact) mass is 262 g/mol. The van der Waals surface area contributed by atoms with Crippen molar-refractivity contribution in [2.45, 2.75) is 6.54 Å². The van der Waals surface area contributed by atoms with E-state index >= 15 is 0 Å². The number of nitrogens with zero attached hydrogens (tertiary/aromatic N) is 1. The van der Waals surface area contributed by atoms with E-state index in [0.29, 0.717) is 17.3 Å². The Balaban J connectivity index is 2.08. The summed E-state index contributed by atoms with van der Waals surface area (Å²) in [5, 5.41) is 12.4. The van der Waals surface area contributed by atoms with Crippen LogP contribution in [0.15, 0.2) is 42.7 Å². The molecule has 0 bridgehead atoms. The van der Waals surface area contributed by atoms with Gasteiger partial charge in [0, 0.05) is 18.9 Å². The number of hydrogen-bond donors (Lipinski definition) is 2. The number of halogens is 1. The molecule has 0 saturated carbocycles. The molecule has 1 heterocycles. The number of benzene rings is 1. The van der Waals surface area contributed by atoms with Crippen LogP contribution in [0.25, 0.3) is 0 Å². The van der Waals surface area contributed by atoms with Gasteiger partial charge in [-0.05, 0) is 35.9 Å². The maximum absolute atomic E-state index is 10.8. The summed E-state index contributed by atoms with van der Waals surface area (Å²) < 4.78 is 0. The van der Waals surface area contributed by atoms with Gasteiger partial charge in [0.15, 0.2) is 0 Å². The van der Waals surface area contributed by atoms with Crippen LogP contribution < -0.4 is 5.32 Å². The Labute approximate surface area is 109 Å². The summed E-state index contributed by atoms with van der Waals surface area (Å²) in [6, 6.07) is 8.40. The molecule has 2 rings (SSSR count). The largest absolute Gasteiger partial charge is 0.478 e. The van der Waals surface area contributed by atoms with Gasteiger partial charge in [-0.3, -0.25) is 4.98 Å². The van der Waals surface area contributed by atoms with Gasteiger partial charge in [-0.2, -0.15) is 0 Å². The zero-order valence-electron chi connectivity index (χ0n) is 9.43. The molecule has 2 aromatic rings. The number of carbonyl (C=O) groups is 1. The molecule has 0 amide bonds. The molecule has 0 aliphatic rings. The van der Waals surface area contributed by atoms with Crippen LogP contribution in [0, 0.1) is 0 Å². The van der Waals surface area contributed by atoms with Crippen LogP contribution in [0.5, 0.6) is 0 Å². The lowest BCUT2D eigenvalue weighted by Gasteiger charge is -2.08. The number of carboxylic acid groups (broad SMARTS) is 1. The van der Waals surface area contributed by atoms with E-state index in [9.17, 15) is 4.79 Å². The van der Waals surface area contributed by atoms with E-state index in [0.717, 1.165) is 5.56 Å². The third-order valence-corrected chi connectivity index (χ3v) is 2.76. The third-order valence-electron chi connectivity index (χ3n) is 2.45. The zero-order chi connectivity index (χ0) is 13.0. The highest BCUT2D eigenvalue weighted by atomic mass is 35.5. The summed E-state index contributed by atoms with van der Waals surface area (Å²) in [7, 11) is 0. The van der Waals surface area contributed by atoms with E-state index in [2.05, 4.69) is 10.3 Å². The van der Waals surface area contributed by atoms with Crippen LogP contribution in [-0.2, 0) is 6.54 Å². The Hall–Kier alpha value is -2.07. The molecule has 92 valence electrons. The molecule has 5 heteroatoms. The van der Waals surface area contributed by atoms with Gasteiger partial charge in [-0.25, -0.2) is 4.79 Å². The average molecular weight is 263 g/mol. The van der Waals surface area contributed by atoms with Gasteiger partial charge < -0.3 is 10.4 Å². The number of aromatic nitrogens is 1. The third kappa shape index (κ3) is 2.99. The molecule has 1 aromatic carbocycles. The van der Waals surface area contributed by atoms with Crippen molar-refractivity contribution in [2.24, 2.45) is 0 Å². The second kappa shape index (κ2) is 5.51. The van der Waals surface area contributed by atoms with Crippen molar-refractivity contribution in [1.29, 1.82) is 0 Å². The molecule has 4 nitrogen and oxygen atoms in total. The maximum Gasteiger partial charge on any atom is 0.335 e. The number of hydrogen-bond acceptors (Lipinski definition) is 3. The zero-order valence-corrected chi connectivity index (χ0v) is 10.2. The van der Waals surface area contributed by atoms with Crippen LogP contribution in [0.3, 0.4) is 0 Å². The number of pyridine rings is 1. The Kier molecular flexibility index (Phi) is 3.79. The smallest absolute Gasteiger partial charge is 0.335 e. The van der Waals surface area contributed by atoms with Gasteiger partial charge in [-0.15, -0.1) is 0 Å². The number of aromatic carboxylic acids is 1. The summed E-state index contributed by atoms with van der Waals surface area (Å²) in [5.41, 5.74) is 1.95. The van der Waals surface area contributed by atoms with Gasteiger partial charge in [-0.1, -0.05) is 11.6 Å². The Morgan fingerprint density at radius 3 is 2.61 bits per heavy atom. The fourth-order valence-electron chi connectivity index (χ4n) is 1.49. The van der Waals surface area contributed by atoms with Crippen molar-refractivity contribution in [3.05, 3.63) is 58.9 Å². The standard InChI is InChI=1S/C13H11ClN2O2/c14-11-7-10(13(17)18)1-2-12(11)16-8-9-3-5-15-6-4-9/h1-7,16H,8H2,(H,17,18). The van der Waals surface area contributed by atoms with Crippen LogP contribution in [0.2, 0.25) is 5.02 Å². The van der Waals surface area contributed by atoms with Gasteiger partial charge in [0.1, 0.15) is 0 Å². The second-order valence-electron chi connectivity index (χ2n) is 3.71. The Morgan fingerprint density at radius 2 is 2.00 bits per heavy atom. The van der Waals surface area contributed by atoms with E-state index < -0.39 is 5.97 Å². The minimum Gasteiger partial charge on any atom is -0.478 e. The summed E-state index contributed by atoms with van der Waals surface area (Å²) >= 11 is 6.00. The molecule has 0 unspecified atom stereocenters. The van der Waals surface area contributed by atoms with Crippen molar-refractivity contribution >= 4 is 23.3 Å². The minimum absolute atomic E-state index is 0.175. The summed E-state index contributed by atoms with van der Waals surface area (Å²) in [6.45, 7) is 0.606. The highest BCUT2D eigenvalue weighted by molar-refractivity contribution is 6.33. The highest BCUT2D eigenvalue weighted by Gasteiger charge is 2.06. The van der Waals surface area contributed by atoms with Gasteiger partial charge >= 0.3 is 5.97 Å². The molecule has 0 radical (unpaired) electrons. The molecular weight excluding hydrogens is 252 g/mol. The highest BCUT2D eigenvalue weighted by Crippen LogP contribution is 2.23. The van der Waals surface area contributed by atoms with Crippen molar-refractivity contribution in [1.82, 2.24) is 4.98 Å². The molecule has 0 saturated heterocycles. The van der Waals surface area contributed by atoms with E-state index in [1.165, 1.54) is 12.1 Å². The summed E-state index contributed by atoms with van der Waals surface area (Å²) in [5.74, 6) is -0.988. The molecule has 0 aliphatic heterocycles. The average Bonchev–Trinajstić information content (AvgIpc) is 2.38.